The van der Waals surface area contributed by atoms with Crippen LogP contribution in [0.5, 0.6) is 0 Å². The van der Waals surface area contributed by atoms with Crippen LogP contribution in [-0.4, -0.2) is 32.8 Å². The molecule has 1 amide bonds. The lowest BCUT2D eigenvalue weighted by Gasteiger charge is -2.12. The Kier molecular flexibility index (Phi) is 5.83. The van der Waals surface area contributed by atoms with E-state index in [9.17, 15) is 19.6 Å². The van der Waals surface area contributed by atoms with Gasteiger partial charge in [-0.1, -0.05) is 0 Å². The van der Waals surface area contributed by atoms with Crippen molar-refractivity contribution in [3.05, 3.63) is 69.2 Å². The van der Waals surface area contributed by atoms with Crippen LogP contribution in [0.4, 0.5) is 5.82 Å². The van der Waals surface area contributed by atoms with Gasteiger partial charge in [0, 0.05) is 18.8 Å². The summed E-state index contributed by atoms with van der Waals surface area (Å²) in [6, 6.07) is 8.03. The lowest BCUT2D eigenvalue weighted by Crippen LogP contribution is -2.25. The first kappa shape index (κ1) is 20.6. The molecule has 0 atom stereocenters. The molecule has 0 saturated heterocycles. The zero-order chi connectivity index (χ0) is 21.8. The van der Waals surface area contributed by atoms with Crippen LogP contribution in [-0.2, 0) is 23.1 Å². The smallest absolute Gasteiger partial charge is 0.359 e. The lowest BCUT2D eigenvalue weighted by molar-refractivity contribution is -0.119. The van der Waals surface area contributed by atoms with Gasteiger partial charge >= 0.3 is 5.97 Å². The van der Waals surface area contributed by atoms with Gasteiger partial charge in [0.25, 0.3) is 11.5 Å². The first-order valence-corrected chi connectivity index (χ1v) is 8.95. The highest BCUT2D eigenvalue weighted by Crippen LogP contribution is 2.27. The summed E-state index contributed by atoms with van der Waals surface area (Å²) >= 11 is 0. The topological polar surface area (TPSA) is 132 Å². The van der Waals surface area contributed by atoms with Crippen LogP contribution in [0.2, 0.25) is 0 Å². The largest absolute Gasteiger partial charge is 0.467 e. The number of anilines is 1. The van der Waals surface area contributed by atoms with Crippen molar-refractivity contribution in [2.75, 3.05) is 11.9 Å². The number of hydrogen-bond donors (Lipinski definition) is 1. The number of rotatable bonds is 6. The summed E-state index contributed by atoms with van der Waals surface area (Å²) in [6.45, 7) is 3.35. The SMILES string of the molecule is Cc1c(C#N)c(NC(=O)COC(=O)c2ccc(=O)n(C)n2)n(Cc2ccco2)c1C. The molecule has 3 aromatic rings. The third-order valence-corrected chi connectivity index (χ3v) is 4.60. The number of amides is 1. The molecule has 0 aliphatic rings. The molecule has 3 heterocycles. The van der Waals surface area contributed by atoms with Crippen molar-refractivity contribution in [1.29, 1.82) is 5.26 Å². The number of esters is 1. The summed E-state index contributed by atoms with van der Waals surface area (Å²) in [5.41, 5.74) is 1.36. The summed E-state index contributed by atoms with van der Waals surface area (Å²) in [4.78, 5) is 35.8. The number of nitrogens with one attached hydrogen (secondary N) is 1. The van der Waals surface area contributed by atoms with Crippen molar-refractivity contribution < 1.29 is 18.7 Å². The van der Waals surface area contributed by atoms with Crippen LogP contribution in [0.1, 0.15) is 33.1 Å². The van der Waals surface area contributed by atoms with E-state index in [0.717, 1.165) is 15.9 Å². The Labute approximate surface area is 171 Å². The average molecular weight is 409 g/mol. The van der Waals surface area contributed by atoms with Crippen LogP contribution in [0, 0.1) is 25.2 Å². The number of nitrogens with zero attached hydrogens (tertiary/aromatic N) is 4. The lowest BCUT2D eigenvalue weighted by atomic mass is 10.2. The summed E-state index contributed by atoms with van der Waals surface area (Å²) in [5, 5.41) is 15.9. The van der Waals surface area contributed by atoms with E-state index < -0.39 is 18.5 Å². The Balaban J connectivity index is 1.75. The molecule has 3 rings (SSSR count). The molecule has 0 unspecified atom stereocenters. The fourth-order valence-corrected chi connectivity index (χ4v) is 2.87. The van der Waals surface area contributed by atoms with E-state index in [4.69, 9.17) is 9.15 Å². The van der Waals surface area contributed by atoms with Crippen LogP contribution >= 0.6 is 0 Å². The number of aromatic nitrogens is 3. The number of furan rings is 1. The predicted octanol–water partition coefficient (Wildman–Crippen LogP) is 1.51. The summed E-state index contributed by atoms with van der Waals surface area (Å²) in [6.07, 6.45) is 1.54. The molecule has 0 saturated carbocycles. The first-order chi connectivity index (χ1) is 14.3. The highest BCUT2D eigenvalue weighted by atomic mass is 16.5. The molecule has 0 aliphatic carbocycles. The van der Waals surface area contributed by atoms with Crippen LogP contribution < -0.4 is 10.9 Å². The number of carbonyl (C=O) groups excluding carboxylic acids is 2. The van der Waals surface area contributed by atoms with Gasteiger partial charge in [-0.05, 0) is 37.6 Å². The van der Waals surface area contributed by atoms with Crippen LogP contribution in [0.25, 0.3) is 0 Å². The minimum absolute atomic E-state index is 0.101. The van der Waals surface area contributed by atoms with Crippen molar-refractivity contribution >= 4 is 17.7 Å². The third kappa shape index (κ3) is 4.15. The van der Waals surface area contributed by atoms with E-state index in [1.807, 2.05) is 6.92 Å². The highest BCUT2D eigenvalue weighted by Gasteiger charge is 2.21. The van der Waals surface area contributed by atoms with Crippen LogP contribution in [0.3, 0.4) is 0 Å². The number of ether oxygens (including phenoxy) is 1. The van der Waals surface area contributed by atoms with Gasteiger partial charge in [-0.3, -0.25) is 9.59 Å². The third-order valence-electron chi connectivity index (χ3n) is 4.60. The fraction of sp³-hybridized carbons (Fsp3) is 0.250. The Morgan fingerprint density at radius 2 is 2.07 bits per heavy atom. The normalized spacial score (nSPS) is 10.5. The maximum Gasteiger partial charge on any atom is 0.359 e. The number of aryl methyl sites for hydroxylation is 1. The van der Waals surface area contributed by atoms with Crippen molar-refractivity contribution in [2.45, 2.75) is 20.4 Å². The van der Waals surface area contributed by atoms with E-state index in [1.165, 1.54) is 25.4 Å². The fourth-order valence-electron chi connectivity index (χ4n) is 2.87. The van der Waals surface area contributed by atoms with E-state index in [0.29, 0.717) is 23.7 Å². The molecule has 0 spiro atoms. The predicted molar refractivity (Wildman–Crippen MR) is 105 cm³/mol. The van der Waals surface area contributed by atoms with Crippen molar-refractivity contribution in [3.8, 4) is 6.07 Å². The maximum absolute atomic E-state index is 12.4. The number of hydrogen-bond acceptors (Lipinski definition) is 7. The molecule has 30 heavy (non-hydrogen) atoms. The summed E-state index contributed by atoms with van der Waals surface area (Å²) in [5.74, 6) is -0.520. The van der Waals surface area contributed by atoms with Gasteiger partial charge in [0.1, 0.15) is 17.6 Å². The van der Waals surface area contributed by atoms with Gasteiger partial charge in [-0.15, -0.1) is 0 Å². The van der Waals surface area contributed by atoms with Gasteiger partial charge in [-0.2, -0.15) is 10.4 Å². The summed E-state index contributed by atoms with van der Waals surface area (Å²) < 4.78 is 13.1. The second kappa shape index (κ2) is 8.48. The van der Waals surface area contributed by atoms with Gasteiger partial charge < -0.3 is 19.0 Å². The molecule has 10 heteroatoms. The maximum atomic E-state index is 12.4. The Morgan fingerprint density at radius 3 is 2.70 bits per heavy atom. The molecule has 1 N–H and O–H groups in total. The van der Waals surface area contributed by atoms with E-state index >= 15 is 0 Å². The molecular weight excluding hydrogens is 390 g/mol. The Bertz CT molecular complexity index is 1200. The minimum atomic E-state index is -0.848. The Morgan fingerprint density at radius 1 is 1.30 bits per heavy atom. The highest BCUT2D eigenvalue weighted by molar-refractivity contribution is 5.95. The van der Waals surface area contributed by atoms with E-state index in [-0.39, 0.29) is 11.3 Å². The molecule has 0 bridgehead atoms. The molecule has 10 nitrogen and oxygen atoms in total. The van der Waals surface area contributed by atoms with Crippen molar-refractivity contribution in [1.82, 2.24) is 14.3 Å². The van der Waals surface area contributed by atoms with Crippen molar-refractivity contribution in [3.63, 3.8) is 0 Å². The average Bonchev–Trinajstić information content (AvgIpc) is 3.31. The van der Waals surface area contributed by atoms with Crippen LogP contribution in [0.15, 0.2) is 39.7 Å². The molecule has 154 valence electrons. The number of carbonyl (C=O) groups is 2. The van der Waals surface area contributed by atoms with Crippen molar-refractivity contribution in [2.24, 2.45) is 7.05 Å². The molecule has 0 radical (unpaired) electrons. The van der Waals surface area contributed by atoms with Gasteiger partial charge in [-0.25, -0.2) is 9.48 Å². The second-order valence-electron chi connectivity index (χ2n) is 6.52. The monoisotopic (exact) mass is 409 g/mol. The standard InChI is InChI=1S/C20H19N5O5/c1-12-13(2)25(10-14-5-4-8-29-14)19(15(12)9-21)22-17(26)11-30-20(28)16-6-7-18(27)24(3)23-16/h4-8H,10-11H2,1-3H3,(H,22,26). The molecular formula is C20H19N5O5. The quantitative estimate of drug-likeness (QED) is 0.610. The Hall–Kier alpha value is -4.13. The molecule has 0 aromatic carbocycles. The number of nitriles is 1. The minimum Gasteiger partial charge on any atom is -0.467 e. The first-order valence-electron chi connectivity index (χ1n) is 8.95. The zero-order valence-corrected chi connectivity index (χ0v) is 16.6. The molecule has 3 aromatic heterocycles. The van der Waals surface area contributed by atoms with E-state index in [1.54, 1.807) is 23.6 Å². The summed E-state index contributed by atoms with van der Waals surface area (Å²) in [7, 11) is 1.40. The second-order valence-corrected chi connectivity index (χ2v) is 6.52. The van der Waals surface area contributed by atoms with Gasteiger partial charge in [0.05, 0.1) is 18.4 Å². The van der Waals surface area contributed by atoms with Gasteiger partial charge in [0.2, 0.25) is 0 Å². The molecule has 0 aliphatic heterocycles. The van der Waals surface area contributed by atoms with E-state index in [2.05, 4.69) is 16.5 Å². The van der Waals surface area contributed by atoms with Gasteiger partial charge in [0.15, 0.2) is 12.3 Å². The zero-order valence-electron chi connectivity index (χ0n) is 16.6. The molecule has 0 fully saturated rings.